The Hall–Kier alpha value is -2.08. The summed E-state index contributed by atoms with van der Waals surface area (Å²) in [5.74, 6) is 1.62. The van der Waals surface area contributed by atoms with E-state index in [1.807, 2.05) is 24.3 Å². The first-order valence-corrected chi connectivity index (χ1v) is 8.45. The number of methoxy groups -OCH3 is 1. The molecule has 6 nitrogen and oxygen atoms in total. The SMILES string of the molecule is COc1cccc(-c2noc(N3CCC[C@@H]4[C@H](O)C(C)(C)[C@@H]43)n2)c1. The minimum absolute atomic E-state index is 0.157. The smallest absolute Gasteiger partial charge is 0.324 e. The van der Waals surface area contributed by atoms with Gasteiger partial charge in [-0.25, -0.2) is 0 Å². The van der Waals surface area contributed by atoms with Crippen LogP contribution in [-0.4, -0.2) is 41.0 Å². The number of aliphatic hydroxyl groups is 1. The summed E-state index contributed by atoms with van der Waals surface area (Å²) in [7, 11) is 1.64. The number of hydrogen-bond donors (Lipinski definition) is 1. The van der Waals surface area contributed by atoms with Crippen molar-refractivity contribution in [2.24, 2.45) is 11.3 Å². The van der Waals surface area contributed by atoms with Gasteiger partial charge >= 0.3 is 6.01 Å². The number of nitrogens with zero attached hydrogens (tertiary/aromatic N) is 3. The van der Waals surface area contributed by atoms with Crippen LogP contribution in [0.2, 0.25) is 0 Å². The van der Waals surface area contributed by atoms with Gasteiger partial charge in [-0.3, -0.25) is 0 Å². The van der Waals surface area contributed by atoms with Gasteiger partial charge in [0.05, 0.1) is 13.2 Å². The predicted molar refractivity (Wildman–Crippen MR) is 89.9 cm³/mol. The summed E-state index contributed by atoms with van der Waals surface area (Å²) in [6, 6.07) is 8.42. The molecule has 1 aromatic carbocycles. The second-order valence-corrected chi connectivity index (χ2v) is 7.34. The quantitative estimate of drug-likeness (QED) is 0.933. The standard InChI is InChI=1S/C18H23N3O3/c1-18(2)14-13(15(18)22)8-5-9-21(14)17-19-16(20-24-17)11-6-4-7-12(10-11)23-3/h4,6-7,10,13-15,22H,5,8-9H2,1-3H3/t13-,14+,15-/m0/s1. The molecule has 1 aliphatic heterocycles. The van der Waals surface area contributed by atoms with Crippen LogP contribution in [0.3, 0.4) is 0 Å². The number of anilines is 1. The van der Waals surface area contributed by atoms with Gasteiger partial charge in [0, 0.05) is 29.5 Å². The average Bonchev–Trinajstić information content (AvgIpc) is 3.11. The van der Waals surface area contributed by atoms with E-state index in [-0.39, 0.29) is 17.6 Å². The molecule has 1 N–H and O–H groups in total. The topological polar surface area (TPSA) is 71.6 Å². The second-order valence-electron chi connectivity index (χ2n) is 7.34. The molecule has 2 aliphatic rings. The zero-order valence-corrected chi connectivity index (χ0v) is 14.3. The number of fused-ring (bicyclic) bond motifs is 1. The molecule has 1 aromatic heterocycles. The van der Waals surface area contributed by atoms with Gasteiger partial charge in [0.2, 0.25) is 5.82 Å². The molecule has 2 heterocycles. The van der Waals surface area contributed by atoms with E-state index in [9.17, 15) is 5.11 Å². The summed E-state index contributed by atoms with van der Waals surface area (Å²) < 4.78 is 10.8. The van der Waals surface area contributed by atoms with Crippen LogP contribution in [0.4, 0.5) is 6.01 Å². The molecule has 2 aromatic rings. The number of hydrogen-bond acceptors (Lipinski definition) is 6. The van der Waals surface area contributed by atoms with Crippen molar-refractivity contribution in [3.8, 4) is 17.1 Å². The molecule has 0 unspecified atom stereocenters. The summed E-state index contributed by atoms with van der Waals surface area (Å²) in [6.45, 7) is 5.10. The first kappa shape index (κ1) is 15.4. The van der Waals surface area contributed by atoms with E-state index in [2.05, 4.69) is 28.9 Å². The summed E-state index contributed by atoms with van der Waals surface area (Å²) in [5, 5.41) is 14.5. The van der Waals surface area contributed by atoms with Crippen molar-refractivity contribution in [3.05, 3.63) is 24.3 Å². The van der Waals surface area contributed by atoms with Crippen LogP contribution in [-0.2, 0) is 0 Å². The summed E-state index contributed by atoms with van der Waals surface area (Å²) in [5.41, 5.74) is 0.709. The molecule has 4 rings (SSSR count). The van der Waals surface area contributed by atoms with Crippen LogP contribution in [0.15, 0.2) is 28.8 Å². The van der Waals surface area contributed by atoms with Crippen molar-refractivity contribution < 1.29 is 14.4 Å². The van der Waals surface area contributed by atoms with Crippen LogP contribution < -0.4 is 9.64 Å². The lowest BCUT2D eigenvalue weighted by molar-refractivity contribution is -0.133. The van der Waals surface area contributed by atoms with Crippen molar-refractivity contribution >= 4 is 6.01 Å². The lowest BCUT2D eigenvalue weighted by Crippen LogP contribution is -2.70. The van der Waals surface area contributed by atoms with Crippen molar-refractivity contribution in [2.75, 3.05) is 18.6 Å². The molecule has 0 amide bonds. The third-order valence-electron chi connectivity index (χ3n) is 5.60. The number of ether oxygens (including phenoxy) is 1. The highest BCUT2D eigenvalue weighted by Crippen LogP contribution is 2.53. The molecule has 128 valence electrons. The number of rotatable bonds is 3. The zero-order valence-electron chi connectivity index (χ0n) is 14.3. The van der Waals surface area contributed by atoms with Gasteiger partial charge in [-0.05, 0) is 25.0 Å². The largest absolute Gasteiger partial charge is 0.497 e. The fourth-order valence-electron chi connectivity index (χ4n) is 4.34. The lowest BCUT2D eigenvalue weighted by atomic mass is 9.54. The van der Waals surface area contributed by atoms with E-state index in [1.165, 1.54) is 0 Å². The maximum atomic E-state index is 10.4. The fourth-order valence-corrected chi connectivity index (χ4v) is 4.34. The van der Waals surface area contributed by atoms with Gasteiger partial charge in [-0.2, -0.15) is 4.98 Å². The molecule has 2 fully saturated rings. The van der Waals surface area contributed by atoms with E-state index in [0.717, 1.165) is 30.7 Å². The molecule has 3 atom stereocenters. The number of piperidine rings is 1. The Labute approximate surface area is 141 Å². The van der Waals surface area contributed by atoms with Gasteiger partial charge in [-0.15, -0.1) is 0 Å². The Morgan fingerprint density at radius 3 is 3.00 bits per heavy atom. The van der Waals surface area contributed by atoms with E-state index in [0.29, 0.717) is 17.8 Å². The Kier molecular flexibility index (Phi) is 3.53. The Bertz CT molecular complexity index is 743. The molecule has 0 bridgehead atoms. The first-order chi connectivity index (χ1) is 11.5. The van der Waals surface area contributed by atoms with E-state index >= 15 is 0 Å². The molecule has 6 heteroatoms. The molecular weight excluding hydrogens is 306 g/mol. The highest BCUT2D eigenvalue weighted by Gasteiger charge is 2.59. The normalized spacial score (nSPS) is 28.2. The Morgan fingerprint density at radius 2 is 2.21 bits per heavy atom. The lowest BCUT2D eigenvalue weighted by Gasteiger charge is -2.61. The summed E-state index contributed by atoms with van der Waals surface area (Å²) in [4.78, 5) is 6.78. The number of aromatic nitrogens is 2. The molecule has 0 radical (unpaired) electrons. The highest BCUT2D eigenvalue weighted by molar-refractivity contribution is 5.58. The van der Waals surface area contributed by atoms with Gasteiger partial charge in [-0.1, -0.05) is 31.1 Å². The molecular formula is C18H23N3O3. The Morgan fingerprint density at radius 1 is 1.38 bits per heavy atom. The van der Waals surface area contributed by atoms with E-state index in [1.54, 1.807) is 7.11 Å². The Balaban J connectivity index is 1.62. The second kappa shape index (κ2) is 5.48. The summed E-state index contributed by atoms with van der Waals surface area (Å²) in [6.07, 6.45) is 1.83. The molecule has 0 spiro atoms. The summed E-state index contributed by atoms with van der Waals surface area (Å²) >= 11 is 0. The minimum atomic E-state index is -0.258. The monoisotopic (exact) mass is 329 g/mol. The van der Waals surface area contributed by atoms with Crippen molar-refractivity contribution in [2.45, 2.75) is 38.8 Å². The molecule has 1 aliphatic carbocycles. The maximum Gasteiger partial charge on any atom is 0.324 e. The van der Waals surface area contributed by atoms with E-state index < -0.39 is 0 Å². The number of benzene rings is 1. The van der Waals surface area contributed by atoms with Crippen molar-refractivity contribution in [1.82, 2.24) is 10.1 Å². The predicted octanol–water partition coefficient (Wildman–Crippen LogP) is 2.73. The highest BCUT2D eigenvalue weighted by atomic mass is 16.5. The van der Waals surface area contributed by atoms with Gasteiger partial charge in [0.25, 0.3) is 0 Å². The van der Waals surface area contributed by atoms with Crippen LogP contribution in [0.5, 0.6) is 5.75 Å². The molecule has 24 heavy (non-hydrogen) atoms. The van der Waals surface area contributed by atoms with Crippen molar-refractivity contribution in [3.63, 3.8) is 0 Å². The fraction of sp³-hybridized carbons (Fsp3) is 0.556. The van der Waals surface area contributed by atoms with Crippen LogP contribution in [0, 0.1) is 11.3 Å². The number of aliphatic hydroxyl groups excluding tert-OH is 1. The first-order valence-electron chi connectivity index (χ1n) is 8.45. The average molecular weight is 329 g/mol. The molecule has 1 saturated carbocycles. The van der Waals surface area contributed by atoms with Crippen LogP contribution in [0.25, 0.3) is 11.4 Å². The van der Waals surface area contributed by atoms with E-state index in [4.69, 9.17) is 9.26 Å². The molecule has 1 saturated heterocycles. The van der Waals surface area contributed by atoms with Gasteiger partial charge in [0.15, 0.2) is 0 Å². The maximum absolute atomic E-state index is 10.4. The van der Waals surface area contributed by atoms with Gasteiger partial charge < -0.3 is 19.3 Å². The third-order valence-corrected chi connectivity index (χ3v) is 5.60. The minimum Gasteiger partial charge on any atom is -0.497 e. The van der Waals surface area contributed by atoms with Crippen LogP contribution >= 0.6 is 0 Å². The van der Waals surface area contributed by atoms with Crippen molar-refractivity contribution in [1.29, 1.82) is 0 Å². The third kappa shape index (κ3) is 2.20. The van der Waals surface area contributed by atoms with Gasteiger partial charge in [0.1, 0.15) is 5.75 Å². The zero-order chi connectivity index (χ0) is 16.9. The van der Waals surface area contributed by atoms with Crippen LogP contribution in [0.1, 0.15) is 26.7 Å².